The fourth-order valence-electron chi connectivity index (χ4n) is 3.96. The van der Waals surface area contributed by atoms with E-state index in [1.54, 1.807) is 24.3 Å². The molecule has 2 amide bonds. The van der Waals surface area contributed by atoms with Gasteiger partial charge in [0.25, 0.3) is 5.91 Å². The van der Waals surface area contributed by atoms with Crippen molar-refractivity contribution in [2.45, 2.75) is 25.8 Å². The van der Waals surface area contributed by atoms with Crippen LogP contribution >= 0.6 is 0 Å². The number of fused-ring (bicyclic) bond motifs is 1. The van der Waals surface area contributed by atoms with Crippen LogP contribution in [0.4, 0.5) is 4.39 Å². The maximum Gasteiger partial charge on any atom is 0.251 e. The van der Waals surface area contributed by atoms with Crippen LogP contribution in [0.25, 0.3) is 0 Å². The Morgan fingerprint density at radius 2 is 1.84 bits per heavy atom. The summed E-state index contributed by atoms with van der Waals surface area (Å²) in [5.74, 6) is -0.399. The van der Waals surface area contributed by atoms with E-state index < -0.39 is 0 Å². The Morgan fingerprint density at radius 3 is 2.58 bits per heavy atom. The molecule has 0 atom stereocenters. The molecule has 31 heavy (non-hydrogen) atoms. The molecule has 0 aliphatic carbocycles. The Kier molecular flexibility index (Phi) is 6.11. The number of aromatic nitrogens is 2. The summed E-state index contributed by atoms with van der Waals surface area (Å²) in [7, 11) is 1.92. The maximum atomic E-state index is 13.1. The minimum absolute atomic E-state index is 0.0180. The molecule has 0 saturated carbocycles. The number of benzene rings is 2. The third kappa shape index (κ3) is 4.82. The van der Waals surface area contributed by atoms with Crippen LogP contribution in [0.3, 0.4) is 0 Å². The van der Waals surface area contributed by atoms with Gasteiger partial charge < -0.3 is 10.2 Å². The van der Waals surface area contributed by atoms with E-state index in [4.69, 9.17) is 0 Å². The van der Waals surface area contributed by atoms with Crippen molar-refractivity contribution in [3.63, 3.8) is 0 Å². The van der Waals surface area contributed by atoms with Gasteiger partial charge in [-0.2, -0.15) is 5.10 Å². The molecule has 0 bridgehead atoms. The topological polar surface area (TPSA) is 67.2 Å². The monoisotopic (exact) mass is 420 g/mol. The van der Waals surface area contributed by atoms with Gasteiger partial charge in [0.1, 0.15) is 5.82 Å². The zero-order chi connectivity index (χ0) is 21.8. The van der Waals surface area contributed by atoms with Gasteiger partial charge in [0.05, 0.1) is 12.1 Å². The van der Waals surface area contributed by atoms with Gasteiger partial charge in [0, 0.05) is 56.3 Å². The Labute approximate surface area is 180 Å². The van der Waals surface area contributed by atoms with E-state index in [-0.39, 0.29) is 24.1 Å². The number of carbonyl (C=O) groups is 2. The van der Waals surface area contributed by atoms with E-state index in [2.05, 4.69) is 10.4 Å². The first-order valence-electron chi connectivity index (χ1n) is 10.4. The molecular weight excluding hydrogens is 395 g/mol. The van der Waals surface area contributed by atoms with Crippen LogP contribution in [0, 0.1) is 5.82 Å². The number of nitrogens with zero attached hydrogens (tertiary/aromatic N) is 3. The number of aryl methyl sites for hydroxylation is 1. The Morgan fingerprint density at radius 1 is 1.10 bits per heavy atom. The van der Waals surface area contributed by atoms with Gasteiger partial charge in [-0.1, -0.05) is 30.3 Å². The first kappa shape index (κ1) is 20.8. The normalized spacial score (nSPS) is 13.0. The smallest absolute Gasteiger partial charge is 0.251 e. The van der Waals surface area contributed by atoms with Gasteiger partial charge in [-0.15, -0.1) is 0 Å². The predicted molar refractivity (Wildman–Crippen MR) is 115 cm³/mol. The predicted octanol–water partition coefficient (Wildman–Crippen LogP) is 2.66. The lowest BCUT2D eigenvalue weighted by Crippen LogP contribution is -2.37. The highest BCUT2D eigenvalue weighted by Crippen LogP contribution is 2.23. The molecular formula is C24H25FN4O2. The number of amides is 2. The molecule has 4 rings (SSSR count). The Balaban J connectivity index is 1.38. The highest BCUT2D eigenvalue weighted by atomic mass is 19.1. The third-order valence-electron chi connectivity index (χ3n) is 5.63. The largest absolute Gasteiger partial charge is 0.352 e. The molecule has 7 heteroatoms. The van der Waals surface area contributed by atoms with Crippen LogP contribution in [0.2, 0.25) is 0 Å². The number of rotatable bonds is 6. The van der Waals surface area contributed by atoms with Crippen molar-refractivity contribution in [2.24, 2.45) is 7.05 Å². The van der Waals surface area contributed by atoms with Gasteiger partial charge in [0.15, 0.2) is 0 Å². The van der Waals surface area contributed by atoms with E-state index in [1.165, 1.54) is 12.1 Å². The van der Waals surface area contributed by atoms with Crippen molar-refractivity contribution in [2.75, 3.05) is 13.1 Å². The minimum Gasteiger partial charge on any atom is -0.352 e. The number of hydrogen-bond acceptors (Lipinski definition) is 3. The molecule has 0 saturated heterocycles. The van der Waals surface area contributed by atoms with Crippen molar-refractivity contribution >= 4 is 11.8 Å². The highest BCUT2D eigenvalue weighted by molar-refractivity contribution is 5.94. The van der Waals surface area contributed by atoms with Gasteiger partial charge >= 0.3 is 0 Å². The lowest BCUT2D eigenvalue weighted by molar-refractivity contribution is -0.131. The van der Waals surface area contributed by atoms with Gasteiger partial charge in [0.2, 0.25) is 5.91 Å². The number of hydrogen-bond donors (Lipinski definition) is 1. The van der Waals surface area contributed by atoms with Crippen LogP contribution in [0.15, 0.2) is 54.6 Å². The summed E-state index contributed by atoms with van der Waals surface area (Å²) < 4.78 is 15.0. The number of carbonyl (C=O) groups excluding carboxylic acids is 2. The lowest BCUT2D eigenvalue weighted by atomic mass is 10.0. The SMILES string of the molecule is Cn1nc(CCNC(=O)c2ccccc2)c2c1CCN(C(=O)Cc1ccc(F)cc1)C2. The van der Waals surface area contributed by atoms with E-state index in [0.29, 0.717) is 31.6 Å². The van der Waals surface area contributed by atoms with Gasteiger partial charge in [-0.05, 0) is 29.8 Å². The number of nitrogens with one attached hydrogen (secondary N) is 1. The molecule has 3 aromatic rings. The second-order valence-corrected chi connectivity index (χ2v) is 7.74. The third-order valence-corrected chi connectivity index (χ3v) is 5.63. The van der Waals surface area contributed by atoms with Crippen molar-refractivity contribution in [1.82, 2.24) is 20.0 Å². The fraction of sp³-hybridized carbons (Fsp3) is 0.292. The van der Waals surface area contributed by atoms with E-state index in [1.807, 2.05) is 34.8 Å². The summed E-state index contributed by atoms with van der Waals surface area (Å²) in [4.78, 5) is 26.9. The van der Waals surface area contributed by atoms with Crippen molar-refractivity contribution in [1.29, 1.82) is 0 Å². The fourth-order valence-corrected chi connectivity index (χ4v) is 3.96. The van der Waals surface area contributed by atoms with Crippen molar-refractivity contribution in [3.8, 4) is 0 Å². The molecule has 0 radical (unpaired) electrons. The van der Waals surface area contributed by atoms with E-state index in [0.717, 1.165) is 28.9 Å². The minimum atomic E-state index is -0.307. The summed E-state index contributed by atoms with van der Waals surface area (Å²) in [6.45, 7) is 1.61. The van der Waals surface area contributed by atoms with Crippen LogP contribution in [0.5, 0.6) is 0 Å². The molecule has 0 spiro atoms. The second kappa shape index (κ2) is 9.12. The van der Waals surface area contributed by atoms with Crippen LogP contribution < -0.4 is 5.32 Å². The summed E-state index contributed by atoms with van der Waals surface area (Å²) in [5.41, 5.74) is 4.53. The van der Waals surface area contributed by atoms with Crippen LogP contribution in [-0.4, -0.2) is 39.6 Å². The Bertz CT molecular complexity index is 1080. The molecule has 1 aliphatic rings. The zero-order valence-electron chi connectivity index (χ0n) is 17.5. The first-order valence-corrected chi connectivity index (χ1v) is 10.4. The van der Waals surface area contributed by atoms with Gasteiger partial charge in [-0.25, -0.2) is 4.39 Å². The average molecular weight is 420 g/mol. The molecule has 0 unspecified atom stereocenters. The lowest BCUT2D eigenvalue weighted by Gasteiger charge is -2.28. The summed E-state index contributed by atoms with van der Waals surface area (Å²) in [6, 6.07) is 15.1. The molecule has 2 aromatic carbocycles. The summed E-state index contributed by atoms with van der Waals surface area (Å²) in [5, 5.41) is 7.57. The van der Waals surface area contributed by atoms with E-state index in [9.17, 15) is 14.0 Å². The molecule has 1 N–H and O–H groups in total. The quantitative estimate of drug-likeness (QED) is 0.667. The molecule has 1 aliphatic heterocycles. The summed E-state index contributed by atoms with van der Waals surface area (Å²) >= 11 is 0. The molecule has 2 heterocycles. The zero-order valence-corrected chi connectivity index (χ0v) is 17.5. The second-order valence-electron chi connectivity index (χ2n) is 7.74. The first-order chi connectivity index (χ1) is 15.0. The molecule has 6 nitrogen and oxygen atoms in total. The van der Waals surface area contributed by atoms with Crippen molar-refractivity contribution in [3.05, 3.63) is 88.5 Å². The standard InChI is InChI=1S/C24H25FN4O2/c1-28-22-12-14-29(23(30)15-17-7-9-19(25)10-8-17)16-20(22)21(27-28)11-13-26-24(31)18-5-3-2-4-6-18/h2-10H,11-16H2,1H3,(H,26,31). The highest BCUT2D eigenvalue weighted by Gasteiger charge is 2.26. The van der Waals surface area contributed by atoms with E-state index >= 15 is 0 Å². The van der Waals surface area contributed by atoms with Crippen LogP contribution in [0.1, 0.15) is 32.9 Å². The molecule has 160 valence electrons. The Hall–Kier alpha value is -3.48. The number of halogens is 1. The molecule has 1 aromatic heterocycles. The average Bonchev–Trinajstić information content (AvgIpc) is 3.10. The molecule has 0 fully saturated rings. The maximum absolute atomic E-state index is 13.1. The van der Waals surface area contributed by atoms with Gasteiger partial charge in [-0.3, -0.25) is 14.3 Å². The van der Waals surface area contributed by atoms with Crippen molar-refractivity contribution < 1.29 is 14.0 Å². The summed E-state index contributed by atoms with van der Waals surface area (Å²) in [6.07, 6.45) is 1.59. The van der Waals surface area contributed by atoms with Crippen LogP contribution in [-0.2, 0) is 37.6 Å².